The first-order valence-corrected chi connectivity index (χ1v) is 7.10. The number of amides is 1. The average molecular weight is 260 g/mol. The van der Waals surface area contributed by atoms with E-state index in [0.29, 0.717) is 6.61 Å². The van der Waals surface area contributed by atoms with Gasteiger partial charge >= 0.3 is 0 Å². The van der Waals surface area contributed by atoms with E-state index in [9.17, 15) is 4.79 Å². The zero-order chi connectivity index (χ0) is 13.2. The average Bonchev–Trinajstić information content (AvgIpc) is 3.08. The van der Waals surface area contributed by atoms with Crippen molar-refractivity contribution in [2.75, 3.05) is 24.6 Å². The Morgan fingerprint density at radius 1 is 1.53 bits per heavy atom. The van der Waals surface area contributed by atoms with E-state index in [0.717, 1.165) is 43.8 Å². The minimum atomic E-state index is 0.00157. The maximum absolute atomic E-state index is 12.5. The summed E-state index contributed by atoms with van der Waals surface area (Å²) in [6, 6.07) is 5.99. The zero-order valence-corrected chi connectivity index (χ0v) is 11.3. The van der Waals surface area contributed by atoms with Crippen molar-refractivity contribution in [2.45, 2.75) is 32.2 Å². The lowest BCUT2D eigenvalue weighted by atomic mass is 10.1. The standard InChI is InChI=1S/C15H20N2O2/c1-2-19-14-7-3-6-13-11(14)8-10-17(13)15(18)12-5-4-9-16-12/h3,6-7,12,16H,2,4-5,8-10H2,1H3/t12-/m0/s1. The Bertz CT molecular complexity index is 481. The molecule has 0 aliphatic carbocycles. The van der Waals surface area contributed by atoms with E-state index in [2.05, 4.69) is 5.32 Å². The summed E-state index contributed by atoms with van der Waals surface area (Å²) in [5, 5.41) is 3.28. The predicted molar refractivity (Wildman–Crippen MR) is 74.7 cm³/mol. The molecule has 1 atom stereocenters. The molecule has 1 aromatic carbocycles. The van der Waals surface area contributed by atoms with E-state index in [4.69, 9.17) is 4.74 Å². The molecule has 0 unspecified atom stereocenters. The van der Waals surface area contributed by atoms with Gasteiger partial charge in [0.25, 0.3) is 0 Å². The first kappa shape index (κ1) is 12.5. The van der Waals surface area contributed by atoms with E-state index in [-0.39, 0.29) is 11.9 Å². The third-order valence-electron chi connectivity index (χ3n) is 3.91. The molecule has 0 aromatic heterocycles. The first-order valence-electron chi connectivity index (χ1n) is 7.10. The van der Waals surface area contributed by atoms with Crippen LogP contribution in [0.25, 0.3) is 0 Å². The summed E-state index contributed by atoms with van der Waals surface area (Å²) >= 11 is 0. The zero-order valence-electron chi connectivity index (χ0n) is 11.3. The van der Waals surface area contributed by atoms with E-state index in [1.54, 1.807) is 0 Å². The van der Waals surface area contributed by atoms with E-state index >= 15 is 0 Å². The van der Waals surface area contributed by atoms with Crippen molar-refractivity contribution >= 4 is 11.6 Å². The van der Waals surface area contributed by atoms with Crippen LogP contribution in [0, 0.1) is 0 Å². The smallest absolute Gasteiger partial charge is 0.244 e. The number of rotatable bonds is 3. The van der Waals surface area contributed by atoms with Gasteiger partial charge in [-0.1, -0.05) is 6.07 Å². The fourth-order valence-electron chi connectivity index (χ4n) is 3.01. The second-order valence-electron chi connectivity index (χ2n) is 5.08. The van der Waals surface area contributed by atoms with Gasteiger partial charge in [0.15, 0.2) is 0 Å². The molecule has 0 spiro atoms. The van der Waals surface area contributed by atoms with Crippen molar-refractivity contribution in [2.24, 2.45) is 0 Å². The van der Waals surface area contributed by atoms with Gasteiger partial charge in [0, 0.05) is 12.1 Å². The van der Waals surface area contributed by atoms with Crippen LogP contribution >= 0.6 is 0 Å². The summed E-state index contributed by atoms with van der Waals surface area (Å²) in [6.07, 6.45) is 2.94. The number of hydrogen-bond acceptors (Lipinski definition) is 3. The summed E-state index contributed by atoms with van der Waals surface area (Å²) in [5.74, 6) is 1.14. The van der Waals surface area contributed by atoms with Gasteiger partial charge in [-0.15, -0.1) is 0 Å². The third kappa shape index (κ3) is 2.21. The Hall–Kier alpha value is -1.55. The molecule has 1 amide bonds. The number of carbonyl (C=O) groups is 1. The number of fused-ring (bicyclic) bond motifs is 1. The number of ether oxygens (including phenoxy) is 1. The summed E-state index contributed by atoms with van der Waals surface area (Å²) in [6.45, 7) is 4.38. The molecule has 0 bridgehead atoms. The third-order valence-corrected chi connectivity index (χ3v) is 3.91. The summed E-state index contributed by atoms with van der Waals surface area (Å²) in [5.41, 5.74) is 2.21. The van der Waals surface area contributed by atoms with Crippen molar-refractivity contribution in [3.8, 4) is 5.75 Å². The van der Waals surface area contributed by atoms with Crippen molar-refractivity contribution < 1.29 is 9.53 Å². The Kier molecular flexibility index (Phi) is 3.42. The van der Waals surface area contributed by atoms with Crippen molar-refractivity contribution in [3.63, 3.8) is 0 Å². The molecule has 0 saturated carbocycles. The topological polar surface area (TPSA) is 41.6 Å². The second kappa shape index (κ2) is 5.21. The van der Waals surface area contributed by atoms with Gasteiger partial charge in [-0.25, -0.2) is 0 Å². The van der Waals surface area contributed by atoms with E-state index in [1.807, 2.05) is 30.0 Å². The normalized spacial score (nSPS) is 21.5. The SMILES string of the molecule is CCOc1cccc2c1CCN2C(=O)[C@@H]1CCCN1. The van der Waals surface area contributed by atoms with Crippen LogP contribution in [0.1, 0.15) is 25.3 Å². The second-order valence-corrected chi connectivity index (χ2v) is 5.08. The molecule has 1 saturated heterocycles. The Labute approximate surface area is 113 Å². The number of hydrogen-bond donors (Lipinski definition) is 1. The van der Waals surface area contributed by atoms with Crippen LogP contribution in [0.2, 0.25) is 0 Å². The highest BCUT2D eigenvalue weighted by Gasteiger charge is 2.32. The molecule has 2 heterocycles. The molecule has 1 fully saturated rings. The summed E-state index contributed by atoms with van der Waals surface area (Å²) in [7, 11) is 0. The van der Waals surface area contributed by atoms with Gasteiger partial charge in [0.05, 0.1) is 18.3 Å². The number of nitrogens with one attached hydrogen (secondary N) is 1. The first-order chi connectivity index (χ1) is 9.31. The molecular formula is C15H20N2O2. The van der Waals surface area contributed by atoms with Crippen molar-refractivity contribution in [1.29, 1.82) is 0 Å². The number of benzene rings is 1. The Balaban J connectivity index is 1.85. The fourth-order valence-corrected chi connectivity index (χ4v) is 3.01. The lowest BCUT2D eigenvalue weighted by molar-refractivity contribution is -0.120. The van der Waals surface area contributed by atoms with Crippen molar-refractivity contribution in [3.05, 3.63) is 23.8 Å². The van der Waals surface area contributed by atoms with Gasteiger partial charge in [-0.2, -0.15) is 0 Å². The monoisotopic (exact) mass is 260 g/mol. The van der Waals surface area contributed by atoms with Crippen LogP contribution in [0.15, 0.2) is 18.2 Å². The molecule has 2 aliphatic rings. The van der Waals surface area contributed by atoms with Crippen LogP contribution in [-0.4, -0.2) is 31.6 Å². The molecule has 1 aromatic rings. The molecule has 0 radical (unpaired) electrons. The summed E-state index contributed by atoms with van der Waals surface area (Å²) in [4.78, 5) is 14.4. The maximum Gasteiger partial charge on any atom is 0.244 e. The number of carbonyl (C=O) groups excluding carboxylic acids is 1. The predicted octanol–water partition coefficient (Wildman–Crippen LogP) is 1.73. The minimum Gasteiger partial charge on any atom is -0.494 e. The lowest BCUT2D eigenvalue weighted by Gasteiger charge is -2.21. The highest BCUT2D eigenvalue weighted by Crippen LogP contribution is 2.35. The van der Waals surface area contributed by atoms with Gasteiger partial charge in [-0.3, -0.25) is 4.79 Å². The van der Waals surface area contributed by atoms with Crippen LogP contribution in [0.5, 0.6) is 5.75 Å². The minimum absolute atomic E-state index is 0.00157. The van der Waals surface area contributed by atoms with Gasteiger partial charge in [0.2, 0.25) is 5.91 Å². The summed E-state index contributed by atoms with van der Waals surface area (Å²) < 4.78 is 5.65. The molecule has 1 N–H and O–H groups in total. The van der Waals surface area contributed by atoms with Crippen LogP contribution in [0.4, 0.5) is 5.69 Å². The highest BCUT2D eigenvalue weighted by molar-refractivity contribution is 5.99. The largest absolute Gasteiger partial charge is 0.494 e. The molecule has 2 aliphatic heterocycles. The lowest BCUT2D eigenvalue weighted by Crippen LogP contribution is -2.42. The van der Waals surface area contributed by atoms with E-state index < -0.39 is 0 Å². The maximum atomic E-state index is 12.5. The Morgan fingerprint density at radius 3 is 3.16 bits per heavy atom. The van der Waals surface area contributed by atoms with Crippen LogP contribution < -0.4 is 15.0 Å². The number of anilines is 1. The fraction of sp³-hybridized carbons (Fsp3) is 0.533. The van der Waals surface area contributed by atoms with Gasteiger partial charge in [-0.05, 0) is 44.9 Å². The molecule has 19 heavy (non-hydrogen) atoms. The van der Waals surface area contributed by atoms with Gasteiger partial charge in [0.1, 0.15) is 5.75 Å². The van der Waals surface area contributed by atoms with Crippen LogP contribution in [0.3, 0.4) is 0 Å². The van der Waals surface area contributed by atoms with Crippen LogP contribution in [-0.2, 0) is 11.2 Å². The Morgan fingerprint density at radius 2 is 2.42 bits per heavy atom. The number of nitrogens with zero attached hydrogens (tertiary/aromatic N) is 1. The quantitative estimate of drug-likeness (QED) is 0.900. The molecule has 3 rings (SSSR count). The molecule has 4 heteroatoms. The van der Waals surface area contributed by atoms with Crippen molar-refractivity contribution in [1.82, 2.24) is 5.32 Å². The molecule has 4 nitrogen and oxygen atoms in total. The molecule has 102 valence electrons. The van der Waals surface area contributed by atoms with E-state index in [1.165, 1.54) is 5.56 Å². The van der Waals surface area contributed by atoms with Gasteiger partial charge < -0.3 is 15.0 Å². The highest BCUT2D eigenvalue weighted by atomic mass is 16.5. The molecular weight excluding hydrogens is 240 g/mol.